The number of para-hydroxylation sites is 1. The molecule has 27 heavy (non-hydrogen) atoms. The molecule has 3 aromatic rings. The van der Waals surface area contributed by atoms with Gasteiger partial charge in [0.1, 0.15) is 12.0 Å². The Morgan fingerprint density at radius 1 is 0.963 bits per heavy atom. The maximum absolute atomic E-state index is 13.2. The fourth-order valence-corrected chi connectivity index (χ4v) is 2.59. The van der Waals surface area contributed by atoms with Crippen LogP contribution in [0, 0.1) is 6.92 Å². The Balaban J connectivity index is 1.94. The van der Waals surface area contributed by atoms with E-state index in [0.717, 1.165) is 11.6 Å². The Labute approximate surface area is 158 Å². The summed E-state index contributed by atoms with van der Waals surface area (Å²) in [4.78, 5) is 8.02. The van der Waals surface area contributed by atoms with Gasteiger partial charge in [-0.3, -0.25) is 0 Å². The average Bonchev–Trinajstić information content (AvgIpc) is 2.61. The second kappa shape index (κ2) is 7.32. The van der Waals surface area contributed by atoms with Gasteiger partial charge in [-0.15, -0.1) is 0 Å². The first kappa shape index (κ1) is 18.8. The number of aromatic nitrogens is 2. The van der Waals surface area contributed by atoms with Crippen LogP contribution in [0.5, 0.6) is 0 Å². The summed E-state index contributed by atoms with van der Waals surface area (Å²) >= 11 is 6.00. The number of aryl methyl sites for hydroxylation is 1. The lowest BCUT2D eigenvalue weighted by atomic mass is 10.1. The van der Waals surface area contributed by atoms with E-state index in [2.05, 4.69) is 20.6 Å². The first-order valence-electron chi connectivity index (χ1n) is 7.82. The summed E-state index contributed by atoms with van der Waals surface area (Å²) in [6.07, 6.45) is -3.30. The van der Waals surface area contributed by atoms with Crippen LogP contribution in [-0.4, -0.2) is 9.97 Å². The number of benzene rings is 2. The van der Waals surface area contributed by atoms with Crippen molar-refractivity contribution in [3.8, 4) is 0 Å². The summed E-state index contributed by atoms with van der Waals surface area (Å²) < 4.78 is 39.5. The van der Waals surface area contributed by atoms with Gasteiger partial charge in [-0.2, -0.15) is 13.2 Å². The molecule has 0 aliphatic carbocycles. The van der Waals surface area contributed by atoms with Crippen LogP contribution in [0.2, 0.25) is 5.02 Å². The highest BCUT2D eigenvalue weighted by atomic mass is 35.5. The van der Waals surface area contributed by atoms with Crippen LogP contribution in [-0.2, 0) is 6.18 Å². The van der Waals surface area contributed by atoms with Gasteiger partial charge in [-0.1, -0.05) is 29.8 Å². The summed E-state index contributed by atoms with van der Waals surface area (Å²) in [5, 5.41) is 6.19. The molecule has 0 fully saturated rings. The van der Waals surface area contributed by atoms with Crippen LogP contribution < -0.4 is 16.4 Å². The zero-order valence-corrected chi connectivity index (χ0v) is 14.9. The molecular weight excluding hydrogens is 379 g/mol. The first-order valence-corrected chi connectivity index (χ1v) is 8.20. The molecule has 0 saturated carbocycles. The van der Waals surface area contributed by atoms with Crippen molar-refractivity contribution in [1.29, 1.82) is 0 Å². The number of nitrogens with one attached hydrogen (secondary N) is 2. The summed E-state index contributed by atoms with van der Waals surface area (Å²) in [5.74, 6) is 0.311. The molecule has 4 N–H and O–H groups in total. The highest BCUT2D eigenvalue weighted by Crippen LogP contribution is 2.37. The lowest BCUT2D eigenvalue weighted by Gasteiger charge is -2.16. The van der Waals surface area contributed by atoms with Gasteiger partial charge in [-0.05, 0) is 36.8 Å². The predicted molar refractivity (Wildman–Crippen MR) is 101 cm³/mol. The number of halogens is 4. The summed E-state index contributed by atoms with van der Waals surface area (Å²) in [6, 6.07) is 10.3. The van der Waals surface area contributed by atoms with Gasteiger partial charge in [-0.25, -0.2) is 9.97 Å². The van der Waals surface area contributed by atoms with E-state index in [0.29, 0.717) is 10.7 Å². The molecule has 5 nitrogen and oxygen atoms in total. The highest BCUT2D eigenvalue weighted by Gasteiger charge is 2.33. The largest absolute Gasteiger partial charge is 0.418 e. The zero-order chi connectivity index (χ0) is 19.6. The van der Waals surface area contributed by atoms with Crippen molar-refractivity contribution in [1.82, 2.24) is 9.97 Å². The van der Waals surface area contributed by atoms with Gasteiger partial charge >= 0.3 is 6.18 Å². The molecule has 1 aromatic heterocycles. The van der Waals surface area contributed by atoms with Gasteiger partial charge in [0.2, 0.25) is 0 Å². The van der Waals surface area contributed by atoms with Crippen LogP contribution in [0.4, 0.5) is 41.9 Å². The molecule has 0 spiro atoms. The smallest absolute Gasteiger partial charge is 0.393 e. The Bertz CT molecular complexity index is 975. The van der Waals surface area contributed by atoms with Gasteiger partial charge in [0.25, 0.3) is 0 Å². The van der Waals surface area contributed by atoms with Crippen LogP contribution in [0.3, 0.4) is 0 Å². The van der Waals surface area contributed by atoms with Gasteiger partial charge < -0.3 is 16.4 Å². The SMILES string of the molecule is Cc1ccc(Cl)cc1Nc1ncnc(Nc2ccccc2C(F)(F)F)c1N. The Morgan fingerprint density at radius 3 is 2.26 bits per heavy atom. The van der Waals surface area contributed by atoms with Crippen LogP contribution in [0.25, 0.3) is 0 Å². The Kier molecular flexibility index (Phi) is 5.09. The summed E-state index contributed by atoms with van der Waals surface area (Å²) in [7, 11) is 0. The van der Waals surface area contributed by atoms with E-state index in [9.17, 15) is 13.2 Å². The minimum Gasteiger partial charge on any atom is -0.393 e. The number of nitrogens with two attached hydrogens (primary N) is 1. The van der Waals surface area contributed by atoms with E-state index in [1.807, 2.05) is 13.0 Å². The van der Waals surface area contributed by atoms with Gasteiger partial charge in [0.15, 0.2) is 11.6 Å². The van der Waals surface area contributed by atoms with Crippen molar-refractivity contribution in [2.75, 3.05) is 16.4 Å². The summed E-state index contributed by atoms with van der Waals surface area (Å²) in [6.45, 7) is 1.87. The normalized spacial score (nSPS) is 11.3. The third-order valence-corrected chi connectivity index (χ3v) is 4.06. The van der Waals surface area contributed by atoms with Crippen molar-refractivity contribution in [2.24, 2.45) is 0 Å². The maximum Gasteiger partial charge on any atom is 0.418 e. The topological polar surface area (TPSA) is 75.9 Å². The molecule has 0 saturated heterocycles. The van der Waals surface area contributed by atoms with E-state index < -0.39 is 11.7 Å². The van der Waals surface area contributed by atoms with Gasteiger partial charge in [0.05, 0.1) is 11.3 Å². The van der Waals surface area contributed by atoms with Gasteiger partial charge in [0, 0.05) is 10.7 Å². The van der Waals surface area contributed by atoms with Crippen molar-refractivity contribution >= 4 is 40.3 Å². The molecule has 0 aliphatic heterocycles. The molecule has 140 valence electrons. The molecule has 0 bridgehead atoms. The van der Waals surface area contributed by atoms with Crippen LogP contribution in [0.15, 0.2) is 48.8 Å². The minimum atomic E-state index is -4.51. The predicted octanol–water partition coefficient (Wildman–Crippen LogP) is 5.53. The number of anilines is 5. The molecule has 0 unspecified atom stereocenters. The van der Waals surface area contributed by atoms with Crippen molar-refractivity contribution in [3.63, 3.8) is 0 Å². The number of rotatable bonds is 4. The molecule has 0 aliphatic rings. The first-order chi connectivity index (χ1) is 12.8. The molecule has 2 aromatic carbocycles. The van der Waals surface area contributed by atoms with E-state index in [4.69, 9.17) is 17.3 Å². The van der Waals surface area contributed by atoms with Crippen LogP contribution in [0.1, 0.15) is 11.1 Å². The molecule has 0 amide bonds. The second-order valence-electron chi connectivity index (χ2n) is 5.74. The van der Waals surface area contributed by atoms with Crippen molar-refractivity contribution in [3.05, 3.63) is 64.9 Å². The van der Waals surface area contributed by atoms with E-state index in [1.54, 1.807) is 12.1 Å². The zero-order valence-electron chi connectivity index (χ0n) is 14.1. The average molecular weight is 394 g/mol. The number of hydrogen-bond donors (Lipinski definition) is 3. The van der Waals surface area contributed by atoms with E-state index in [1.165, 1.54) is 24.5 Å². The van der Waals surface area contributed by atoms with E-state index >= 15 is 0 Å². The second-order valence-corrected chi connectivity index (χ2v) is 6.17. The number of alkyl halides is 3. The molecule has 0 radical (unpaired) electrons. The molecule has 0 atom stereocenters. The van der Waals surface area contributed by atoms with Crippen molar-refractivity contribution in [2.45, 2.75) is 13.1 Å². The van der Waals surface area contributed by atoms with Crippen molar-refractivity contribution < 1.29 is 13.2 Å². The fraction of sp³-hybridized carbons (Fsp3) is 0.111. The lowest BCUT2D eigenvalue weighted by molar-refractivity contribution is -0.136. The third kappa shape index (κ3) is 4.22. The lowest BCUT2D eigenvalue weighted by Crippen LogP contribution is -2.11. The number of nitrogen functional groups attached to an aromatic ring is 1. The number of hydrogen-bond acceptors (Lipinski definition) is 5. The van der Waals surface area contributed by atoms with Crippen LogP contribution >= 0.6 is 11.6 Å². The monoisotopic (exact) mass is 393 g/mol. The quantitative estimate of drug-likeness (QED) is 0.543. The highest BCUT2D eigenvalue weighted by molar-refractivity contribution is 6.30. The maximum atomic E-state index is 13.2. The number of nitrogens with zero attached hydrogens (tertiary/aromatic N) is 2. The minimum absolute atomic E-state index is 0.0591. The standard InChI is InChI=1S/C18H15ClF3N5/c1-10-6-7-11(19)8-14(10)27-17-15(23)16(24-9-25-17)26-13-5-3-2-4-12(13)18(20,21)22/h2-9H,23H2,1H3,(H2,24,25,26,27). The molecule has 1 heterocycles. The molecular formula is C18H15ClF3N5. The third-order valence-electron chi connectivity index (χ3n) is 3.82. The molecule has 3 rings (SSSR count). The van der Waals surface area contributed by atoms with E-state index in [-0.39, 0.29) is 23.0 Å². The fourth-order valence-electron chi connectivity index (χ4n) is 2.42. The Hall–Kier alpha value is -3.00. The molecule has 9 heteroatoms. The Morgan fingerprint density at radius 2 is 1.59 bits per heavy atom. The summed E-state index contributed by atoms with van der Waals surface area (Å²) in [5.41, 5.74) is 6.74.